The number of aromatic nitrogens is 1. The van der Waals surface area contributed by atoms with Crippen LogP contribution in [0.5, 0.6) is 29.0 Å². The highest BCUT2D eigenvalue weighted by Crippen LogP contribution is 2.46. The minimum Gasteiger partial charge on any atom is -0.504 e. The Hall–Kier alpha value is -3.90. The summed E-state index contributed by atoms with van der Waals surface area (Å²) < 4.78 is 37.0. The average Bonchev–Trinajstić information content (AvgIpc) is 3.35. The van der Waals surface area contributed by atoms with Gasteiger partial charge in [-0.1, -0.05) is 26.8 Å². The third kappa shape index (κ3) is 4.52. The summed E-state index contributed by atoms with van der Waals surface area (Å²) in [5.41, 5.74) is 0.668. The highest BCUT2D eigenvalue weighted by atomic mass is 32.2. The maximum atomic E-state index is 12.6. The summed E-state index contributed by atoms with van der Waals surface area (Å²) in [4.78, 5) is 6.78. The molecule has 0 aliphatic carbocycles. The van der Waals surface area contributed by atoms with Gasteiger partial charge in [-0.15, -0.1) is 0 Å². The molecule has 11 nitrogen and oxygen atoms in total. The summed E-state index contributed by atoms with van der Waals surface area (Å²) >= 11 is 0. The van der Waals surface area contributed by atoms with Gasteiger partial charge in [-0.3, -0.25) is 4.98 Å². The first-order valence-electron chi connectivity index (χ1n) is 11.0. The number of nitrogens with one attached hydrogen (secondary N) is 2. The maximum absolute atomic E-state index is 12.6. The largest absolute Gasteiger partial charge is 0.504 e. The molecule has 1 aromatic heterocycles. The van der Waals surface area contributed by atoms with Crippen molar-refractivity contribution in [3.05, 3.63) is 42.0 Å². The molecular formula is C24H28N4O7S. The van der Waals surface area contributed by atoms with E-state index < -0.39 is 32.9 Å². The van der Waals surface area contributed by atoms with E-state index in [2.05, 4.69) is 15.3 Å². The number of hydrogen-bond donors (Lipinski definition) is 5. The van der Waals surface area contributed by atoms with E-state index in [-0.39, 0.29) is 28.8 Å². The number of ether oxygens (including phenoxy) is 2. The van der Waals surface area contributed by atoms with Gasteiger partial charge in [-0.25, -0.2) is 17.7 Å². The quantitative estimate of drug-likeness (QED) is 0.243. The van der Waals surface area contributed by atoms with Crippen LogP contribution >= 0.6 is 0 Å². The predicted molar refractivity (Wildman–Crippen MR) is 135 cm³/mol. The number of aromatic amines is 1. The van der Waals surface area contributed by atoms with Crippen molar-refractivity contribution in [2.24, 2.45) is 10.4 Å². The molecule has 0 radical (unpaired) electrons. The molecule has 4 rings (SSSR count). The molecule has 1 aliphatic rings. The zero-order valence-electron chi connectivity index (χ0n) is 20.4. The molecule has 5 N–H and O–H groups in total. The Morgan fingerprint density at radius 1 is 1.06 bits per heavy atom. The van der Waals surface area contributed by atoms with E-state index >= 15 is 0 Å². The lowest BCUT2D eigenvalue weighted by Gasteiger charge is -2.22. The summed E-state index contributed by atoms with van der Waals surface area (Å²) in [6, 6.07) is 9.50. The Morgan fingerprint density at radius 2 is 1.75 bits per heavy atom. The SMILES string of the molecule is CN(C)S(=O)(=O)c1cccc(Nc2c(O)[nH]c(O)c2N=C(c2ccc3c(c2)OCO3)C(C)(C)C)c1O. The summed E-state index contributed by atoms with van der Waals surface area (Å²) in [7, 11) is -1.24. The van der Waals surface area contributed by atoms with Crippen LogP contribution in [0.25, 0.3) is 0 Å². The van der Waals surface area contributed by atoms with Crippen molar-refractivity contribution in [1.29, 1.82) is 0 Å². The summed E-state index contributed by atoms with van der Waals surface area (Å²) in [5.74, 6) is -0.250. The number of phenols is 1. The van der Waals surface area contributed by atoms with Gasteiger partial charge >= 0.3 is 0 Å². The van der Waals surface area contributed by atoms with Crippen molar-refractivity contribution in [1.82, 2.24) is 9.29 Å². The first-order chi connectivity index (χ1) is 16.8. The summed E-state index contributed by atoms with van der Waals surface area (Å²) in [6.07, 6.45) is 0. The fourth-order valence-electron chi connectivity index (χ4n) is 3.68. The second kappa shape index (κ2) is 8.95. The van der Waals surface area contributed by atoms with E-state index in [1.165, 1.54) is 32.3 Å². The average molecular weight is 517 g/mol. The number of nitrogens with zero attached hydrogens (tertiary/aromatic N) is 2. The van der Waals surface area contributed by atoms with Crippen molar-refractivity contribution in [2.45, 2.75) is 25.7 Å². The van der Waals surface area contributed by atoms with E-state index in [1.807, 2.05) is 26.8 Å². The number of fused-ring (bicyclic) bond motifs is 1. The Labute approximate surface area is 208 Å². The summed E-state index contributed by atoms with van der Waals surface area (Å²) in [6.45, 7) is 5.94. The fourth-order valence-corrected chi connectivity index (χ4v) is 4.67. The van der Waals surface area contributed by atoms with Crippen LogP contribution in [0.15, 0.2) is 46.3 Å². The highest BCUT2D eigenvalue weighted by molar-refractivity contribution is 7.89. The van der Waals surface area contributed by atoms with Gasteiger partial charge in [0.2, 0.25) is 28.6 Å². The minimum absolute atomic E-state index is 0.0101. The van der Waals surface area contributed by atoms with E-state index in [0.717, 1.165) is 4.31 Å². The van der Waals surface area contributed by atoms with Crippen molar-refractivity contribution in [3.8, 4) is 29.0 Å². The number of sulfonamides is 1. The van der Waals surface area contributed by atoms with E-state index in [4.69, 9.17) is 9.47 Å². The fraction of sp³-hybridized carbons (Fsp3) is 0.292. The molecule has 0 bridgehead atoms. The Kier molecular flexibility index (Phi) is 6.27. The molecule has 0 amide bonds. The molecule has 12 heteroatoms. The molecule has 2 heterocycles. The number of benzene rings is 2. The Morgan fingerprint density at radius 3 is 2.42 bits per heavy atom. The van der Waals surface area contributed by atoms with Gasteiger partial charge in [0.05, 0.1) is 11.4 Å². The molecular weight excluding hydrogens is 488 g/mol. The molecule has 3 aromatic rings. The number of phenolic OH excluding ortho intramolecular Hbond substituents is 1. The summed E-state index contributed by atoms with van der Waals surface area (Å²) in [5, 5.41) is 34.6. The second-order valence-corrected chi connectivity index (χ2v) is 11.5. The first-order valence-corrected chi connectivity index (χ1v) is 12.4. The third-order valence-corrected chi connectivity index (χ3v) is 7.38. The van der Waals surface area contributed by atoms with Gasteiger partial charge in [-0.2, -0.15) is 0 Å². The van der Waals surface area contributed by atoms with Gasteiger partial charge in [0.15, 0.2) is 22.9 Å². The normalized spacial score (nSPS) is 13.9. The van der Waals surface area contributed by atoms with Gasteiger partial charge in [0.1, 0.15) is 10.6 Å². The molecule has 1 aliphatic heterocycles. The molecule has 36 heavy (non-hydrogen) atoms. The van der Waals surface area contributed by atoms with Crippen LogP contribution in [0, 0.1) is 5.41 Å². The van der Waals surface area contributed by atoms with Crippen LogP contribution in [0.3, 0.4) is 0 Å². The predicted octanol–water partition coefficient (Wildman–Crippen LogP) is 4.02. The van der Waals surface area contributed by atoms with Gasteiger partial charge in [0.25, 0.3) is 0 Å². The molecule has 0 fully saturated rings. The van der Waals surface area contributed by atoms with Crippen molar-refractivity contribution >= 4 is 32.8 Å². The van der Waals surface area contributed by atoms with Gasteiger partial charge < -0.3 is 30.1 Å². The molecule has 0 spiro atoms. The zero-order chi connectivity index (χ0) is 26.4. The number of hydrogen-bond acceptors (Lipinski definition) is 9. The maximum Gasteiger partial charge on any atom is 0.246 e. The zero-order valence-corrected chi connectivity index (χ0v) is 21.3. The van der Waals surface area contributed by atoms with Gasteiger partial charge in [-0.05, 0) is 30.3 Å². The highest BCUT2D eigenvalue weighted by Gasteiger charge is 2.28. The van der Waals surface area contributed by atoms with E-state index in [1.54, 1.807) is 12.1 Å². The van der Waals surface area contributed by atoms with Crippen molar-refractivity contribution < 1.29 is 33.2 Å². The van der Waals surface area contributed by atoms with E-state index in [9.17, 15) is 23.7 Å². The molecule has 192 valence electrons. The Balaban J connectivity index is 1.82. The molecule has 0 saturated carbocycles. The van der Waals surface area contributed by atoms with E-state index in [0.29, 0.717) is 22.8 Å². The number of para-hydroxylation sites is 1. The standard InChI is InChI=1S/C24H28N4O7S/c1-24(2,3)21(13-9-10-15-16(11-13)35-12-34-15)26-19-18(22(30)27-23(19)31)25-14-7-6-8-17(20(14)29)36(32,33)28(4)5/h6-11,25,27,29-31H,12H2,1-5H3. The lowest BCUT2D eigenvalue weighted by molar-refractivity contribution is 0.174. The van der Waals surface area contributed by atoms with Crippen molar-refractivity contribution in [2.75, 3.05) is 26.2 Å². The topological polar surface area (TPSA) is 157 Å². The monoisotopic (exact) mass is 516 g/mol. The van der Waals surface area contributed by atoms with Crippen LogP contribution in [-0.2, 0) is 10.0 Å². The van der Waals surface area contributed by atoms with Crippen LogP contribution in [0.2, 0.25) is 0 Å². The lowest BCUT2D eigenvalue weighted by Crippen LogP contribution is -2.22. The van der Waals surface area contributed by atoms with Crippen LogP contribution in [0.1, 0.15) is 26.3 Å². The number of aromatic hydroxyl groups is 3. The lowest BCUT2D eigenvalue weighted by atomic mass is 9.85. The molecule has 0 atom stereocenters. The molecule has 0 unspecified atom stereocenters. The van der Waals surface area contributed by atoms with Crippen LogP contribution in [-0.4, -0.2) is 59.6 Å². The number of anilines is 2. The number of aliphatic imine (C=N–C) groups is 1. The molecule has 0 saturated heterocycles. The number of H-pyrrole nitrogens is 1. The minimum atomic E-state index is -3.94. The first kappa shape index (κ1) is 25.2. The smallest absolute Gasteiger partial charge is 0.246 e. The van der Waals surface area contributed by atoms with Crippen molar-refractivity contribution in [3.63, 3.8) is 0 Å². The van der Waals surface area contributed by atoms with Crippen LogP contribution < -0.4 is 14.8 Å². The molecule has 2 aromatic carbocycles. The second-order valence-electron chi connectivity index (χ2n) is 9.39. The third-order valence-electron chi connectivity index (χ3n) is 5.53. The number of rotatable bonds is 6. The Bertz CT molecular complexity index is 1450. The van der Waals surface area contributed by atoms with Crippen LogP contribution in [0.4, 0.5) is 17.1 Å². The van der Waals surface area contributed by atoms with Gasteiger partial charge in [0, 0.05) is 25.1 Å².